The molecule has 2 aromatic heterocycles. The molecule has 0 spiro atoms. The fraction of sp³-hybridized carbons (Fsp3) is 0.227. The minimum Gasteiger partial charge on any atom is -0.494 e. The van der Waals surface area contributed by atoms with Crippen LogP contribution in [0.2, 0.25) is 0 Å². The van der Waals surface area contributed by atoms with Crippen molar-refractivity contribution in [2.45, 2.75) is 26.2 Å². The Bertz CT molecular complexity index is 1280. The predicted octanol–water partition coefficient (Wildman–Crippen LogP) is 3.11. The Balaban J connectivity index is 1.87. The van der Waals surface area contributed by atoms with Crippen molar-refractivity contribution in [3.63, 3.8) is 0 Å². The number of nitrogens with zero attached hydrogens (tertiary/aromatic N) is 4. The van der Waals surface area contributed by atoms with E-state index in [2.05, 4.69) is 15.1 Å². The van der Waals surface area contributed by atoms with Crippen LogP contribution >= 0.6 is 0 Å². The first-order valence-corrected chi connectivity index (χ1v) is 9.70. The average molecular weight is 404 g/mol. The molecule has 4 aromatic rings. The molecule has 0 radical (unpaired) electrons. The first-order chi connectivity index (χ1) is 14.6. The molecule has 8 heteroatoms. The Morgan fingerprint density at radius 3 is 2.60 bits per heavy atom. The first kappa shape index (κ1) is 19.5. The van der Waals surface area contributed by atoms with Crippen LogP contribution in [0.4, 0.5) is 0 Å². The number of para-hydroxylation sites is 1. The Kier molecular flexibility index (Phi) is 5.38. The molecule has 0 aliphatic carbocycles. The molecular weight excluding hydrogens is 384 g/mol. The summed E-state index contributed by atoms with van der Waals surface area (Å²) in [7, 11) is 0. The zero-order valence-electron chi connectivity index (χ0n) is 16.4. The van der Waals surface area contributed by atoms with Gasteiger partial charge in [0.15, 0.2) is 11.3 Å². The van der Waals surface area contributed by atoms with Gasteiger partial charge in [0.2, 0.25) is 0 Å². The van der Waals surface area contributed by atoms with Crippen LogP contribution in [0.1, 0.15) is 25.6 Å². The highest BCUT2D eigenvalue weighted by Crippen LogP contribution is 2.21. The molecule has 1 N–H and O–H groups in total. The van der Waals surface area contributed by atoms with E-state index in [4.69, 9.17) is 9.84 Å². The van der Waals surface area contributed by atoms with E-state index in [0.29, 0.717) is 53.1 Å². The maximum absolute atomic E-state index is 12.8. The van der Waals surface area contributed by atoms with Gasteiger partial charge in [-0.1, -0.05) is 12.1 Å². The van der Waals surface area contributed by atoms with Gasteiger partial charge in [0.05, 0.1) is 12.1 Å². The van der Waals surface area contributed by atoms with Crippen molar-refractivity contribution >= 4 is 22.5 Å². The van der Waals surface area contributed by atoms with Crippen LogP contribution < -0.4 is 10.3 Å². The number of rotatable bonds is 7. The summed E-state index contributed by atoms with van der Waals surface area (Å²) in [6.07, 6.45) is 0.825. The lowest BCUT2D eigenvalue weighted by Gasteiger charge is -2.11. The lowest BCUT2D eigenvalue weighted by molar-refractivity contribution is -0.137. The zero-order chi connectivity index (χ0) is 21.1. The maximum atomic E-state index is 12.8. The van der Waals surface area contributed by atoms with Crippen LogP contribution in [0.5, 0.6) is 5.75 Å². The number of hydrogen-bond donors (Lipinski definition) is 1. The SMILES string of the molecule is CCOc1ccc(-c2nn3c(CCCC(=O)O)nc4ccccc4c3nc2=O)cc1. The largest absolute Gasteiger partial charge is 0.494 e. The second-order valence-electron chi connectivity index (χ2n) is 6.75. The molecule has 8 nitrogen and oxygen atoms in total. The highest BCUT2D eigenvalue weighted by atomic mass is 16.5. The van der Waals surface area contributed by atoms with Crippen LogP contribution in [0, 0.1) is 0 Å². The van der Waals surface area contributed by atoms with E-state index in [-0.39, 0.29) is 12.1 Å². The molecule has 0 aliphatic heterocycles. The fourth-order valence-corrected chi connectivity index (χ4v) is 3.30. The van der Waals surface area contributed by atoms with Crippen molar-refractivity contribution in [2.24, 2.45) is 0 Å². The van der Waals surface area contributed by atoms with Gasteiger partial charge in [-0.3, -0.25) is 9.59 Å². The van der Waals surface area contributed by atoms with Crippen LogP contribution in [0.3, 0.4) is 0 Å². The number of aliphatic carboxylic acids is 1. The van der Waals surface area contributed by atoms with E-state index in [9.17, 15) is 9.59 Å². The highest BCUT2D eigenvalue weighted by molar-refractivity contribution is 5.91. The molecule has 0 atom stereocenters. The van der Waals surface area contributed by atoms with Crippen molar-refractivity contribution in [1.29, 1.82) is 0 Å². The quantitative estimate of drug-likeness (QED) is 0.472. The molecule has 0 unspecified atom stereocenters. The number of aromatic nitrogens is 4. The second kappa shape index (κ2) is 8.28. The summed E-state index contributed by atoms with van der Waals surface area (Å²) in [5.41, 5.74) is 1.48. The van der Waals surface area contributed by atoms with Gasteiger partial charge in [-0.2, -0.15) is 14.6 Å². The van der Waals surface area contributed by atoms with E-state index in [1.54, 1.807) is 28.8 Å². The molecule has 0 bridgehead atoms. The number of ether oxygens (including phenoxy) is 1. The minimum atomic E-state index is -0.867. The van der Waals surface area contributed by atoms with E-state index < -0.39 is 11.5 Å². The maximum Gasteiger partial charge on any atom is 0.303 e. The molecule has 0 amide bonds. The number of benzene rings is 2. The molecule has 0 fully saturated rings. The van der Waals surface area contributed by atoms with Crippen LogP contribution in [-0.2, 0) is 11.2 Å². The van der Waals surface area contributed by atoms with Crippen molar-refractivity contribution in [3.05, 3.63) is 64.7 Å². The molecule has 2 aromatic carbocycles. The zero-order valence-corrected chi connectivity index (χ0v) is 16.4. The van der Waals surface area contributed by atoms with Gasteiger partial charge < -0.3 is 9.84 Å². The fourth-order valence-electron chi connectivity index (χ4n) is 3.30. The third-order valence-corrected chi connectivity index (χ3v) is 4.68. The summed E-state index contributed by atoms with van der Waals surface area (Å²) in [6.45, 7) is 2.45. The molecular formula is C22H20N4O4. The summed E-state index contributed by atoms with van der Waals surface area (Å²) in [4.78, 5) is 32.7. The molecule has 0 aliphatic rings. The van der Waals surface area contributed by atoms with E-state index in [1.165, 1.54) is 0 Å². The number of fused-ring (bicyclic) bond motifs is 3. The van der Waals surface area contributed by atoms with Crippen molar-refractivity contribution in [1.82, 2.24) is 19.6 Å². The first-order valence-electron chi connectivity index (χ1n) is 9.70. The van der Waals surface area contributed by atoms with Gasteiger partial charge in [0, 0.05) is 23.8 Å². The van der Waals surface area contributed by atoms with Crippen molar-refractivity contribution in [2.75, 3.05) is 6.61 Å². The number of carboxylic acid groups (broad SMARTS) is 1. The predicted molar refractivity (Wildman–Crippen MR) is 112 cm³/mol. The van der Waals surface area contributed by atoms with Crippen molar-refractivity contribution in [3.8, 4) is 17.0 Å². The normalized spacial score (nSPS) is 11.1. The smallest absolute Gasteiger partial charge is 0.303 e. The number of aryl methyl sites for hydroxylation is 1. The summed E-state index contributed by atoms with van der Waals surface area (Å²) >= 11 is 0. The minimum absolute atomic E-state index is 0.0232. The Hall–Kier alpha value is -3.81. The van der Waals surface area contributed by atoms with E-state index in [0.717, 1.165) is 0 Å². The van der Waals surface area contributed by atoms with Crippen molar-refractivity contribution < 1.29 is 14.6 Å². The number of hydrogen-bond acceptors (Lipinski definition) is 6. The summed E-state index contributed by atoms with van der Waals surface area (Å²) in [5, 5.41) is 14.2. The third-order valence-electron chi connectivity index (χ3n) is 4.68. The molecule has 30 heavy (non-hydrogen) atoms. The van der Waals surface area contributed by atoms with Gasteiger partial charge in [-0.05, 0) is 49.7 Å². The molecule has 0 saturated heterocycles. The van der Waals surface area contributed by atoms with E-state index >= 15 is 0 Å². The number of carbonyl (C=O) groups is 1. The lowest BCUT2D eigenvalue weighted by atomic mass is 10.1. The third kappa shape index (κ3) is 3.84. The Morgan fingerprint density at radius 1 is 1.10 bits per heavy atom. The van der Waals surface area contributed by atoms with Crippen LogP contribution in [0.15, 0.2) is 53.3 Å². The lowest BCUT2D eigenvalue weighted by Crippen LogP contribution is -2.19. The summed E-state index contributed by atoms with van der Waals surface area (Å²) in [5.74, 6) is 0.398. The summed E-state index contributed by atoms with van der Waals surface area (Å²) < 4.78 is 7.00. The molecule has 0 saturated carbocycles. The standard InChI is InChI=1S/C22H20N4O4/c1-2-30-15-12-10-14(11-13-15)20-22(29)24-21-16-6-3-4-7-17(16)23-18(26(21)25-20)8-5-9-19(27)28/h3-4,6-7,10-13H,2,5,8-9H2,1H3,(H,27,28). The van der Waals surface area contributed by atoms with Gasteiger partial charge in [0.25, 0.3) is 5.56 Å². The van der Waals surface area contributed by atoms with Gasteiger partial charge in [-0.25, -0.2) is 4.98 Å². The monoisotopic (exact) mass is 404 g/mol. The Morgan fingerprint density at radius 2 is 1.87 bits per heavy atom. The van der Waals surface area contributed by atoms with Crippen LogP contribution in [0.25, 0.3) is 27.8 Å². The average Bonchev–Trinajstić information content (AvgIpc) is 2.74. The molecule has 152 valence electrons. The second-order valence-corrected chi connectivity index (χ2v) is 6.75. The van der Waals surface area contributed by atoms with Gasteiger partial charge >= 0.3 is 5.97 Å². The highest BCUT2D eigenvalue weighted by Gasteiger charge is 2.15. The van der Waals surface area contributed by atoms with E-state index in [1.807, 2.05) is 31.2 Å². The van der Waals surface area contributed by atoms with Gasteiger partial charge in [0.1, 0.15) is 11.6 Å². The van der Waals surface area contributed by atoms with Crippen LogP contribution in [-0.4, -0.2) is 37.3 Å². The molecule has 2 heterocycles. The number of carboxylic acids is 1. The Labute approximate surface area is 171 Å². The topological polar surface area (TPSA) is 107 Å². The molecule has 4 rings (SSSR count). The summed E-state index contributed by atoms with van der Waals surface area (Å²) in [6, 6.07) is 14.5. The van der Waals surface area contributed by atoms with Gasteiger partial charge in [-0.15, -0.1) is 0 Å².